The Morgan fingerprint density at radius 1 is 0.490 bits per heavy atom. The minimum absolute atomic E-state index is 0.0544. The average Bonchev–Trinajstić information content (AvgIpc) is 0.816. The quantitative estimate of drug-likeness (QED) is 0.0134. The molecule has 4 fully saturated rings. The predicted octanol–water partition coefficient (Wildman–Crippen LogP) is 21.8. The first kappa shape index (κ1) is 85.7. The van der Waals surface area contributed by atoms with Crippen LogP contribution in [0.3, 0.4) is 0 Å². The molecule has 1 amide bonds. The third-order valence-corrected chi connectivity index (χ3v) is 21.4. The van der Waals surface area contributed by atoms with Crippen molar-refractivity contribution in [2.24, 2.45) is 5.73 Å². The van der Waals surface area contributed by atoms with Crippen molar-refractivity contribution in [2.45, 2.75) is 201 Å². The number of alkyl halides is 6. The molecule has 0 aliphatic heterocycles. The molecule has 2 aromatic heterocycles. The van der Waals surface area contributed by atoms with E-state index in [0.717, 1.165) is 104 Å². The molecular formula is C75H92AgClF6N6O4S5-. The van der Waals surface area contributed by atoms with Gasteiger partial charge in [-0.3, -0.25) is 39.6 Å². The smallest absolute Gasteiger partial charge is 0.0330 e. The van der Waals surface area contributed by atoms with Gasteiger partial charge in [0.05, 0.1) is 22.3 Å². The Hall–Kier alpha value is -4.75. The first-order valence-corrected chi connectivity index (χ1v) is 39.5. The molecule has 2 heterocycles. The van der Waals surface area contributed by atoms with Crippen molar-refractivity contribution in [1.82, 2.24) is 23.7 Å². The van der Waals surface area contributed by atoms with E-state index in [-0.39, 0.29) is 11.6 Å². The van der Waals surface area contributed by atoms with Crippen LogP contribution in [0.2, 0.25) is 0 Å². The fraction of sp³-hybridized carbons (Fsp3) is 0.427. The molecule has 0 saturated heterocycles. The van der Waals surface area contributed by atoms with Gasteiger partial charge in [0, 0.05) is 77.7 Å². The largest absolute Gasteiger partial charge is 0.261 e. The number of benzene rings is 5. The molecule has 11 rings (SSSR count). The SMILES string of the molecule is C[C-]=O.NC1CCCCC1.O=C(Cl)c1cnccc1C(F)(F)F.O=C(c1cnccc1C(F)(F)F)N(SCc1ccccc1)C1CCCCC1.[O]=[Ag].c1ccc(CSNC2CCCCC2)cc1.c1ccc(CSNC2CCCCC2)cc1.c1ccc(CSSCc2ccccc2)cc1. The Bertz CT molecular complexity index is 3080. The van der Waals surface area contributed by atoms with Gasteiger partial charge in [-0.25, -0.2) is 0 Å². The Balaban J connectivity index is 0.000000255. The van der Waals surface area contributed by atoms with Gasteiger partial charge in [0.1, 0.15) is 0 Å². The van der Waals surface area contributed by atoms with Crippen LogP contribution in [0.25, 0.3) is 0 Å². The van der Waals surface area contributed by atoms with Crippen LogP contribution in [-0.2, 0) is 70.2 Å². The van der Waals surface area contributed by atoms with Crippen LogP contribution in [0.1, 0.15) is 195 Å². The summed E-state index contributed by atoms with van der Waals surface area (Å²) in [6, 6.07) is 55.7. The molecule has 0 spiro atoms. The van der Waals surface area contributed by atoms with E-state index < -0.39 is 40.2 Å². The molecule has 7 aromatic rings. The topological polar surface area (TPSA) is 147 Å². The average molecular weight is 1560 g/mol. The maximum atomic E-state index is 13.4. The zero-order valence-corrected chi connectivity index (χ0v) is 61.7. The molecule has 10 nitrogen and oxygen atoms in total. The summed E-state index contributed by atoms with van der Waals surface area (Å²) in [5.41, 5.74) is 9.27. The summed E-state index contributed by atoms with van der Waals surface area (Å²) in [7, 11) is 3.84. The second kappa shape index (κ2) is 52.2. The summed E-state index contributed by atoms with van der Waals surface area (Å²) < 4.78 is 93.4. The number of nitrogens with zero attached hydrogens (tertiary/aromatic N) is 3. The van der Waals surface area contributed by atoms with Crippen LogP contribution < -0.4 is 15.2 Å². The number of nitrogens with one attached hydrogen (secondary N) is 2. The molecule has 4 saturated carbocycles. The summed E-state index contributed by atoms with van der Waals surface area (Å²) in [6.07, 6.45) is 21.5. The number of halogens is 7. The van der Waals surface area contributed by atoms with Crippen LogP contribution in [0.4, 0.5) is 26.3 Å². The van der Waals surface area contributed by atoms with Crippen LogP contribution in [0.15, 0.2) is 189 Å². The zero-order chi connectivity index (χ0) is 70.9. The van der Waals surface area contributed by atoms with Crippen molar-refractivity contribution in [2.75, 3.05) is 0 Å². The first-order valence-electron chi connectivity index (χ1n) is 33.1. The van der Waals surface area contributed by atoms with Crippen molar-refractivity contribution in [3.63, 3.8) is 0 Å². The zero-order valence-electron chi connectivity index (χ0n) is 55.4. The molecule has 0 bridgehead atoms. The normalized spacial score (nSPS) is 14.9. The first-order chi connectivity index (χ1) is 47.5. The summed E-state index contributed by atoms with van der Waals surface area (Å²) in [6.45, 7) is 1.32. The van der Waals surface area contributed by atoms with E-state index in [2.05, 4.69) is 141 Å². The van der Waals surface area contributed by atoms with E-state index >= 15 is 0 Å². The van der Waals surface area contributed by atoms with Crippen molar-refractivity contribution in [3.8, 4) is 0 Å². The van der Waals surface area contributed by atoms with Crippen molar-refractivity contribution in [3.05, 3.63) is 239 Å². The number of pyridine rings is 2. The van der Waals surface area contributed by atoms with Crippen molar-refractivity contribution < 1.29 is 65.0 Å². The minimum Gasteiger partial charge on any atom is -0.261 e. The van der Waals surface area contributed by atoms with Gasteiger partial charge in [-0.15, -0.1) is 0 Å². The van der Waals surface area contributed by atoms with Crippen molar-refractivity contribution in [1.29, 1.82) is 0 Å². The molecular weight excluding hydrogens is 1470 g/mol. The molecule has 537 valence electrons. The maximum absolute atomic E-state index is 13.4. The Morgan fingerprint density at radius 3 is 1.11 bits per heavy atom. The Kier molecular flexibility index (Phi) is 45.7. The van der Waals surface area contributed by atoms with Gasteiger partial charge in [0.15, 0.2) is 0 Å². The number of carbonyl (C=O) groups excluding carboxylic acids is 3. The van der Waals surface area contributed by atoms with E-state index in [4.69, 9.17) is 25.4 Å². The second-order valence-electron chi connectivity index (χ2n) is 23.3. The van der Waals surface area contributed by atoms with E-state index in [1.54, 1.807) is 25.3 Å². The van der Waals surface area contributed by atoms with Gasteiger partial charge < -0.3 is 10.5 Å². The third-order valence-electron chi connectivity index (χ3n) is 15.8. The van der Waals surface area contributed by atoms with Gasteiger partial charge in [0.25, 0.3) is 11.1 Å². The van der Waals surface area contributed by atoms with Crippen LogP contribution >= 0.6 is 69.0 Å². The van der Waals surface area contributed by atoms with E-state index in [1.807, 2.05) is 75.8 Å². The van der Waals surface area contributed by atoms with Crippen LogP contribution in [-0.4, -0.2) is 55.9 Å². The number of hydrogen-bond donors (Lipinski definition) is 3. The van der Waals surface area contributed by atoms with Gasteiger partial charge >= 0.3 is 36.6 Å². The number of rotatable bonds is 19. The number of amides is 1. The second-order valence-corrected chi connectivity index (χ2v) is 28.7. The van der Waals surface area contributed by atoms with Crippen LogP contribution in [0.5, 0.6) is 0 Å². The number of aromatic nitrogens is 2. The number of nitrogens with two attached hydrogens (primary N) is 1. The summed E-state index contributed by atoms with van der Waals surface area (Å²) >= 11 is 11.7. The van der Waals surface area contributed by atoms with Gasteiger partial charge in [-0.2, -0.15) is 33.3 Å². The Labute approximate surface area is 615 Å². The number of carbonyl (C=O) groups is 2. The maximum Gasteiger partial charge on any atom is 0.0330 e. The van der Waals surface area contributed by atoms with Crippen molar-refractivity contribution >= 4 is 86.5 Å². The summed E-state index contributed by atoms with van der Waals surface area (Å²) in [5, 5.41) is -1.17. The predicted molar refractivity (Wildman–Crippen MR) is 394 cm³/mol. The van der Waals surface area contributed by atoms with Gasteiger partial charge in [0.2, 0.25) is 0 Å². The number of hydrogen-bond acceptors (Lipinski definition) is 14. The minimum atomic E-state index is -4.59. The van der Waals surface area contributed by atoms with E-state index in [1.165, 1.54) is 144 Å². The standard InChI is InChI=1S/C20H21F3N2OS.C14H14S2.2C13H19NS.C7H3ClF3NO.C6H13N.C2H3O.Ag.O/c21-20(22,23)18-11-12-24-13-17(18)19(26)25(16-9-5-2-6-10-16)27-14-15-7-3-1-4-8-15;1-3-7-13(8-4-1)11-15-16-12-14-9-5-2-6-10-14;2*1-3-7-12(8-4-1)11-15-14-13-9-5-2-6-10-13;8-6(13)4-3-12-2-1-5(4)7(9,10)11;7-6-4-2-1-3-5-6;1-2-3;;/h1,3-4,7-8,11-13,16H,2,5-6,9-10,14H2;1-10H,11-12H2;2*1,3-4,7-8,13-14H,2,5-6,9-11H2;1-3H;6H,1-5,7H2;1H3;;/q;;;;;;-1;;. The molecule has 98 heavy (non-hydrogen) atoms. The molecule has 23 heteroatoms. The van der Waals surface area contributed by atoms with E-state index in [9.17, 15) is 35.9 Å². The molecule has 0 unspecified atom stereocenters. The Morgan fingerprint density at radius 2 is 0.796 bits per heavy atom. The molecule has 4 aliphatic carbocycles. The molecule has 4 aliphatic rings. The third kappa shape index (κ3) is 37.3. The van der Waals surface area contributed by atoms with Gasteiger partial charge in [-0.1, -0.05) is 274 Å². The van der Waals surface area contributed by atoms with Crippen LogP contribution in [0, 0.1) is 0 Å². The molecule has 4 N–H and O–H groups in total. The summed E-state index contributed by atoms with van der Waals surface area (Å²) in [4.78, 5) is 39.5. The molecule has 0 atom stereocenters. The molecule has 0 radical (unpaired) electrons. The fourth-order valence-electron chi connectivity index (χ4n) is 10.7. The fourth-order valence-corrected chi connectivity index (χ4v) is 15.9. The molecule has 5 aromatic carbocycles. The summed E-state index contributed by atoms with van der Waals surface area (Å²) in [5.74, 6) is 4.25. The monoisotopic (exact) mass is 1560 g/mol. The van der Waals surface area contributed by atoms with E-state index in [0.29, 0.717) is 17.9 Å². The van der Waals surface area contributed by atoms with Gasteiger partial charge in [-0.05, 0) is 115 Å².